The number of aryl methyl sites for hydroxylation is 1. The van der Waals surface area contributed by atoms with Crippen molar-refractivity contribution in [2.24, 2.45) is 0 Å². The molecule has 22 heavy (non-hydrogen) atoms. The van der Waals surface area contributed by atoms with Crippen LogP contribution < -0.4 is 10.1 Å². The number of hydrogen-bond acceptors (Lipinski definition) is 4. The molecule has 1 aromatic rings. The lowest BCUT2D eigenvalue weighted by Gasteiger charge is -2.33. The van der Waals surface area contributed by atoms with Crippen LogP contribution in [0.1, 0.15) is 44.2 Å². The van der Waals surface area contributed by atoms with Crippen molar-refractivity contribution < 1.29 is 9.47 Å². The molecule has 1 aliphatic carbocycles. The number of ether oxygens (including phenoxy) is 2. The Labute approximate surface area is 141 Å². The standard InChI is InChI=1S/C17H25BrN2O2/c1-12-16(6-7-17(18)20-12)22-14-4-2-13(3-5-14)21-15-8-10-19-11-9-15/h6-7,13-15,19H,2-5,8-11H2,1H3/t13-,14-. The maximum absolute atomic E-state index is 6.26. The number of halogens is 1. The van der Waals surface area contributed by atoms with Crippen molar-refractivity contribution in [1.82, 2.24) is 10.3 Å². The number of pyridine rings is 1. The molecule has 0 aromatic carbocycles. The monoisotopic (exact) mass is 368 g/mol. The highest BCUT2D eigenvalue weighted by Gasteiger charge is 2.26. The molecule has 2 aliphatic rings. The van der Waals surface area contributed by atoms with Crippen molar-refractivity contribution in [3.8, 4) is 5.75 Å². The summed E-state index contributed by atoms with van der Waals surface area (Å²) in [4.78, 5) is 4.39. The first kappa shape index (κ1) is 16.2. The Bertz CT molecular complexity index is 484. The Morgan fingerprint density at radius 3 is 2.32 bits per heavy atom. The van der Waals surface area contributed by atoms with Gasteiger partial charge in [-0.25, -0.2) is 4.98 Å². The summed E-state index contributed by atoms with van der Waals surface area (Å²) in [6, 6.07) is 3.94. The maximum atomic E-state index is 6.26. The zero-order chi connectivity index (χ0) is 15.4. The minimum atomic E-state index is 0.301. The van der Waals surface area contributed by atoms with Crippen molar-refractivity contribution in [3.05, 3.63) is 22.4 Å². The number of nitrogens with zero attached hydrogens (tertiary/aromatic N) is 1. The molecule has 0 atom stereocenters. The lowest BCUT2D eigenvalue weighted by atomic mass is 9.94. The van der Waals surface area contributed by atoms with Gasteiger partial charge in [0.1, 0.15) is 10.4 Å². The van der Waals surface area contributed by atoms with Gasteiger partial charge in [-0.05, 0) is 86.6 Å². The van der Waals surface area contributed by atoms with E-state index in [1.165, 1.54) is 0 Å². The van der Waals surface area contributed by atoms with Gasteiger partial charge in [0.2, 0.25) is 0 Å². The van der Waals surface area contributed by atoms with Crippen LogP contribution in [0.25, 0.3) is 0 Å². The van der Waals surface area contributed by atoms with Gasteiger partial charge in [0.15, 0.2) is 0 Å². The smallest absolute Gasteiger partial charge is 0.140 e. The summed E-state index contributed by atoms with van der Waals surface area (Å²) < 4.78 is 13.2. The van der Waals surface area contributed by atoms with Crippen LogP contribution in [0.4, 0.5) is 0 Å². The SMILES string of the molecule is Cc1nc(Br)ccc1O[C@H]1CC[C@H](OC2CCNCC2)CC1. The third-order valence-electron chi connectivity index (χ3n) is 4.59. The van der Waals surface area contributed by atoms with E-state index < -0.39 is 0 Å². The molecule has 1 saturated heterocycles. The number of hydrogen-bond donors (Lipinski definition) is 1. The highest BCUT2D eigenvalue weighted by atomic mass is 79.9. The van der Waals surface area contributed by atoms with Crippen molar-refractivity contribution in [1.29, 1.82) is 0 Å². The first-order chi connectivity index (χ1) is 10.7. The van der Waals surface area contributed by atoms with Gasteiger partial charge in [-0.1, -0.05) is 0 Å². The van der Waals surface area contributed by atoms with Gasteiger partial charge in [-0.15, -0.1) is 0 Å². The predicted octanol–water partition coefficient (Wildman–Crippen LogP) is 3.61. The van der Waals surface area contributed by atoms with E-state index in [1.54, 1.807) is 0 Å². The lowest BCUT2D eigenvalue weighted by Crippen LogP contribution is -2.37. The molecule has 0 amide bonds. The van der Waals surface area contributed by atoms with Crippen molar-refractivity contribution >= 4 is 15.9 Å². The summed E-state index contributed by atoms with van der Waals surface area (Å²) in [5.74, 6) is 0.908. The number of aromatic nitrogens is 1. The first-order valence-corrected chi connectivity index (χ1v) is 9.16. The second-order valence-electron chi connectivity index (χ2n) is 6.32. The average Bonchev–Trinajstić information content (AvgIpc) is 2.53. The third kappa shape index (κ3) is 4.43. The summed E-state index contributed by atoms with van der Waals surface area (Å²) >= 11 is 3.39. The summed E-state index contributed by atoms with van der Waals surface area (Å²) in [6.45, 7) is 4.18. The number of rotatable bonds is 4. The van der Waals surface area contributed by atoms with Crippen molar-refractivity contribution in [3.63, 3.8) is 0 Å². The molecule has 122 valence electrons. The molecular weight excluding hydrogens is 344 g/mol. The highest BCUT2D eigenvalue weighted by Crippen LogP contribution is 2.28. The maximum Gasteiger partial charge on any atom is 0.140 e. The summed E-state index contributed by atoms with van der Waals surface area (Å²) in [7, 11) is 0. The van der Waals surface area contributed by atoms with Crippen LogP contribution >= 0.6 is 15.9 Å². The van der Waals surface area contributed by atoms with Gasteiger partial charge in [-0.3, -0.25) is 0 Å². The predicted molar refractivity (Wildman–Crippen MR) is 90.3 cm³/mol. The van der Waals surface area contributed by atoms with Crippen LogP contribution in [0.15, 0.2) is 16.7 Å². The fraction of sp³-hybridized carbons (Fsp3) is 0.706. The number of piperidine rings is 1. The molecule has 1 aliphatic heterocycles. The third-order valence-corrected chi connectivity index (χ3v) is 5.03. The van der Waals surface area contributed by atoms with E-state index in [-0.39, 0.29) is 0 Å². The van der Waals surface area contributed by atoms with E-state index in [0.29, 0.717) is 18.3 Å². The first-order valence-electron chi connectivity index (χ1n) is 8.36. The van der Waals surface area contributed by atoms with Crippen LogP contribution in [0, 0.1) is 6.92 Å². The van der Waals surface area contributed by atoms with E-state index in [1.807, 2.05) is 19.1 Å². The van der Waals surface area contributed by atoms with E-state index in [0.717, 1.165) is 67.7 Å². The Morgan fingerprint density at radius 1 is 1.00 bits per heavy atom. The summed E-state index contributed by atoms with van der Waals surface area (Å²) in [5, 5.41) is 3.39. The van der Waals surface area contributed by atoms with Crippen LogP contribution in [-0.2, 0) is 4.74 Å². The van der Waals surface area contributed by atoms with Gasteiger partial charge < -0.3 is 14.8 Å². The van der Waals surface area contributed by atoms with Gasteiger partial charge in [-0.2, -0.15) is 0 Å². The zero-order valence-corrected chi connectivity index (χ0v) is 14.8. The molecular formula is C17H25BrN2O2. The van der Waals surface area contributed by atoms with Crippen LogP contribution in [0.5, 0.6) is 5.75 Å². The minimum Gasteiger partial charge on any atom is -0.489 e. The van der Waals surface area contributed by atoms with E-state index in [9.17, 15) is 0 Å². The fourth-order valence-electron chi connectivity index (χ4n) is 3.31. The Kier molecular flexibility index (Phi) is 5.71. The Hall–Kier alpha value is -0.650. The molecule has 2 fully saturated rings. The van der Waals surface area contributed by atoms with Crippen LogP contribution in [0.3, 0.4) is 0 Å². The molecule has 1 N–H and O–H groups in total. The normalized spacial score (nSPS) is 26.8. The second kappa shape index (κ2) is 7.75. The lowest BCUT2D eigenvalue weighted by molar-refractivity contribution is -0.0549. The molecule has 2 heterocycles. The molecule has 1 saturated carbocycles. The van der Waals surface area contributed by atoms with Gasteiger partial charge in [0.05, 0.1) is 24.0 Å². The zero-order valence-electron chi connectivity index (χ0n) is 13.2. The number of nitrogens with one attached hydrogen (secondary N) is 1. The quantitative estimate of drug-likeness (QED) is 0.824. The van der Waals surface area contributed by atoms with Gasteiger partial charge in [0, 0.05) is 0 Å². The summed E-state index contributed by atoms with van der Waals surface area (Å²) in [5.41, 5.74) is 0.947. The fourth-order valence-corrected chi connectivity index (χ4v) is 3.71. The van der Waals surface area contributed by atoms with E-state index in [2.05, 4.69) is 26.2 Å². The molecule has 1 aromatic heterocycles. The molecule has 0 spiro atoms. The van der Waals surface area contributed by atoms with Gasteiger partial charge in [0.25, 0.3) is 0 Å². The van der Waals surface area contributed by atoms with Crippen molar-refractivity contribution in [2.45, 2.75) is 63.8 Å². The molecule has 0 unspecified atom stereocenters. The van der Waals surface area contributed by atoms with Crippen molar-refractivity contribution in [2.75, 3.05) is 13.1 Å². The van der Waals surface area contributed by atoms with Crippen LogP contribution in [0.2, 0.25) is 0 Å². The molecule has 3 rings (SSSR count). The van der Waals surface area contributed by atoms with E-state index >= 15 is 0 Å². The molecule has 0 bridgehead atoms. The van der Waals surface area contributed by atoms with Crippen LogP contribution in [-0.4, -0.2) is 36.4 Å². The van der Waals surface area contributed by atoms with Gasteiger partial charge >= 0.3 is 0 Å². The largest absolute Gasteiger partial charge is 0.489 e. The summed E-state index contributed by atoms with van der Waals surface area (Å²) in [6.07, 6.45) is 7.86. The van der Waals surface area contributed by atoms with E-state index in [4.69, 9.17) is 9.47 Å². The molecule has 5 heteroatoms. The topological polar surface area (TPSA) is 43.4 Å². The second-order valence-corrected chi connectivity index (χ2v) is 7.13. The molecule has 4 nitrogen and oxygen atoms in total. The molecule has 0 radical (unpaired) electrons. The Morgan fingerprint density at radius 2 is 1.64 bits per heavy atom. The highest BCUT2D eigenvalue weighted by molar-refractivity contribution is 9.10. The Balaban J connectivity index is 1.45. The minimum absolute atomic E-state index is 0.301. The average molecular weight is 369 g/mol.